The molecule has 0 saturated heterocycles. The Morgan fingerprint density at radius 2 is 1.95 bits per heavy atom. The second kappa shape index (κ2) is 9.50. The Bertz CT molecular complexity index is 512. The highest BCUT2D eigenvalue weighted by Crippen LogP contribution is 2.13. The normalized spacial score (nSPS) is 12.0. The molecule has 0 fully saturated rings. The van der Waals surface area contributed by atoms with Crippen LogP contribution in [0.2, 0.25) is 0 Å². The zero-order valence-electron chi connectivity index (χ0n) is 13.2. The monoisotopic (exact) mass is 333 g/mol. The maximum Gasteiger partial charge on any atom is 0.242 e. The number of hydrogen-bond donors (Lipinski definition) is 2. The molecule has 1 heterocycles. The summed E-state index contributed by atoms with van der Waals surface area (Å²) in [5.41, 5.74) is 0.954. The maximum absolute atomic E-state index is 12.2. The van der Waals surface area contributed by atoms with Gasteiger partial charge in [0.05, 0.1) is 4.90 Å². The topological polar surface area (TPSA) is 63.1 Å². The first kappa shape index (κ1) is 18.5. The standard InChI is InChI=1S/C14H27N3O2S2/c1-15-11-13-10-14(12-17(13)2)21(18,19)16-8-6-4-5-7-9-20-3/h10,12,15-16H,4-9,11H2,1-3H3. The third-order valence-electron chi connectivity index (χ3n) is 3.32. The van der Waals surface area contributed by atoms with Crippen LogP contribution in [0.3, 0.4) is 0 Å². The van der Waals surface area contributed by atoms with E-state index >= 15 is 0 Å². The molecule has 1 aromatic heterocycles. The largest absolute Gasteiger partial charge is 0.352 e. The van der Waals surface area contributed by atoms with Crippen molar-refractivity contribution >= 4 is 21.8 Å². The van der Waals surface area contributed by atoms with Gasteiger partial charge in [-0.2, -0.15) is 11.8 Å². The summed E-state index contributed by atoms with van der Waals surface area (Å²) in [4.78, 5) is 0.345. The molecular formula is C14H27N3O2S2. The fourth-order valence-electron chi connectivity index (χ4n) is 2.10. The highest BCUT2D eigenvalue weighted by molar-refractivity contribution is 7.98. The molecule has 1 rings (SSSR count). The van der Waals surface area contributed by atoms with Gasteiger partial charge in [0, 0.05) is 32.0 Å². The van der Waals surface area contributed by atoms with Crippen LogP contribution >= 0.6 is 11.8 Å². The molecule has 0 aliphatic rings. The van der Waals surface area contributed by atoms with Crippen molar-refractivity contribution in [2.24, 2.45) is 7.05 Å². The van der Waals surface area contributed by atoms with Crippen molar-refractivity contribution < 1.29 is 8.42 Å². The number of aryl methyl sites for hydroxylation is 1. The Kier molecular flexibility index (Phi) is 8.39. The summed E-state index contributed by atoms with van der Waals surface area (Å²) in [5, 5.41) is 3.03. The fraction of sp³-hybridized carbons (Fsp3) is 0.714. The minimum Gasteiger partial charge on any atom is -0.352 e. The SMILES string of the molecule is CNCc1cc(S(=O)(=O)NCCCCCCSC)cn1C. The number of sulfonamides is 1. The van der Waals surface area contributed by atoms with Crippen molar-refractivity contribution in [3.63, 3.8) is 0 Å². The number of thioether (sulfide) groups is 1. The number of nitrogens with zero attached hydrogens (tertiary/aromatic N) is 1. The van der Waals surface area contributed by atoms with Crippen LogP contribution in [0.15, 0.2) is 17.2 Å². The molecular weight excluding hydrogens is 306 g/mol. The smallest absolute Gasteiger partial charge is 0.242 e. The van der Waals surface area contributed by atoms with E-state index in [-0.39, 0.29) is 0 Å². The molecule has 0 unspecified atom stereocenters. The molecule has 0 amide bonds. The molecule has 0 aliphatic carbocycles. The van der Waals surface area contributed by atoms with E-state index < -0.39 is 10.0 Å². The van der Waals surface area contributed by atoms with Crippen LogP contribution in [0.25, 0.3) is 0 Å². The molecule has 122 valence electrons. The Balaban J connectivity index is 2.41. The first-order valence-electron chi connectivity index (χ1n) is 7.29. The van der Waals surface area contributed by atoms with Crippen LogP contribution in [0.1, 0.15) is 31.4 Å². The number of nitrogens with one attached hydrogen (secondary N) is 2. The van der Waals surface area contributed by atoms with Crippen LogP contribution in [-0.4, -0.2) is 38.6 Å². The van der Waals surface area contributed by atoms with E-state index in [9.17, 15) is 8.42 Å². The van der Waals surface area contributed by atoms with Gasteiger partial charge in [-0.15, -0.1) is 0 Å². The van der Waals surface area contributed by atoms with Crippen molar-refractivity contribution in [2.45, 2.75) is 37.1 Å². The van der Waals surface area contributed by atoms with Crippen LogP contribution in [0, 0.1) is 0 Å². The summed E-state index contributed by atoms with van der Waals surface area (Å²) in [7, 11) is 0.322. The minimum absolute atomic E-state index is 0.345. The molecule has 0 spiro atoms. The number of aromatic nitrogens is 1. The molecule has 0 bridgehead atoms. The summed E-state index contributed by atoms with van der Waals surface area (Å²) in [6.45, 7) is 1.17. The molecule has 5 nitrogen and oxygen atoms in total. The predicted octanol–water partition coefficient (Wildman–Crippen LogP) is 1.95. The first-order chi connectivity index (χ1) is 10.0. The number of hydrogen-bond acceptors (Lipinski definition) is 4. The van der Waals surface area contributed by atoms with Gasteiger partial charge in [-0.1, -0.05) is 12.8 Å². The average molecular weight is 334 g/mol. The van der Waals surface area contributed by atoms with Crippen molar-refractivity contribution in [3.05, 3.63) is 18.0 Å². The molecule has 0 saturated carbocycles. The highest BCUT2D eigenvalue weighted by Gasteiger charge is 2.16. The zero-order valence-corrected chi connectivity index (χ0v) is 14.8. The Labute approximate surface area is 132 Å². The van der Waals surface area contributed by atoms with Gasteiger partial charge in [-0.25, -0.2) is 13.1 Å². The van der Waals surface area contributed by atoms with Gasteiger partial charge in [-0.3, -0.25) is 0 Å². The second-order valence-corrected chi connectivity index (χ2v) is 7.87. The van der Waals surface area contributed by atoms with Gasteiger partial charge in [0.25, 0.3) is 0 Å². The Morgan fingerprint density at radius 3 is 2.62 bits per heavy atom. The zero-order chi connectivity index (χ0) is 15.7. The fourth-order valence-corrected chi connectivity index (χ4v) is 3.76. The molecule has 7 heteroatoms. The van der Waals surface area contributed by atoms with Crippen LogP contribution in [0.5, 0.6) is 0 Å². The van der Waals surface area contributed by atoms with E-state index in [0.29, 0.717) is 18.0 Å². The molecule has 0 aromatic carbocycles. The van der Waals surface area contributed by atoms with Crippen LogP contribution < -0.4 is 10.0 Å². The average Bonchev–Trinajstić information content (AvgIpc) is 2.81. The highest BCUT2D eigenvalue weighted by atomic mass is 32.2. The third kappa shape index (κ3) is 6.42. The molecule has 0 atom stereocenters. The Hall–Kier alpha value is -0.500. The summed E-state index contributed by atoms with van der Waals surface area (Å²) in [6.07, 6.45) is 8.11. The molecule has 0 radical (unpaired) electrons. The Morgan fingerprint density at radius 1 is 1.24 bits per heavy atom. The third-order valence-corrected chi connectivity index (χ3v) is 5.44. The van der Waals surface area contributed by atoms with Crippen LogP contribution in [0.4, 0.5) is 0 Å². The molecule has 2 N–H and O–H groups in total. The van der Waals surface area contributed by atoms with Gasteiger partial charge < -0.3 is 9.88 Å². The van der Waals surface area contributed by atoms with E-state index in [0.717, 1.165) is 18.5 Å². The molecule has 0 aliphatic heterocycles. The van der Waals surface area contributed by atoms with Gasteiger partial charge in [0.2, 0.25) is 10.0 Å². The summed E-state index contributed by atoms with van der Waals surface area (Å²) in [6, 6.07) is 1.72. The summed E-state index contributed by atoms with van der Waals surface area (Å²) in [5.74, 6) is 1.18. The van der Waals surface area contributed by atoms with Crippen molar-refractivity contribution in [1.29, 1.82) is 0 Å². The lowest BCUT2D eigenvalue weighted by atomic mass is 10.2. The molecule has 21 heavy (non-hydrogen) atoms. The van der Waals surface area contributed by atoms with Crippen LogP contribution in [-0.2, 0) is 23.6 Å². The predicted molar refractivity (Wildman–Crippen MR) is 90.2 cm³/mol. The van der Waals surface area contributed by atoms with E-state index in [1.807, 2.05) is 30.4 Å². The van der Waals surface area contributed by atoms with E-state index in [1.165, 1.54) is 18.6 Å². The van der Waals surface area contributed by atoms with Gasteiger partial charge >= 0.3 is 0 Å². The van der Waals surface area contributed by atoms with E-state index in [1.54, 1.807) is 12.3 Å². The summed E-state index contributed by atoms with van der Waals surface area (Å²) < 4.78 is 28.9. The maximum atomic E-state index is 12.2. The lowest BCUT2D eigenvalue weighted by molar-refractivity contribution is 0.573. The minimum atomic E-state index is -3.38. The lowest BCUT2D eigenvalue weighted by Gasteiger charge is -2.04. The van der Waals surface area contributed by atoms with Gasteiger partial charge in [-0.05, 0) is 38.0 Å². The van der Waals surface area contributed by atoms with Gasteiger partial charge in [0.15, 0.2) is 0 Å². The first-order valence-corrected chi connectivity index (χ1v) is 10.2. The van der Waals surface area contributed by atoms with Crippen molar-refractivity contribution in [1.82, 2.24) is 14.6 Å². The second-order valence-electron chi connectivity index (χ2n) is 5.11. The van der Waals surface area contributed by atoms with Crippen molar-refractivity contribution in [2.75, 3.05) is 25.6 Å². The number of unbranched alkanes of at least 4 members (excludes halogenated alkanes) is 3. The summed E-state index contributed by atoms with van der Waals surface area (Å²) >= 11 is 1.86. The van der Waals surface area contributed by atoms with Crippen molar-refractivity contribution in [3.8, 4) is 0 Å². The number of rotatable bonds is 11. The quantitative estimate of drug-likeness (QED) is 0.608. The van der Waals surface area contributed by atoms with E-state index in [4.69, 9.17) is 0 Å². The lowest BCUT2D eigenvalue weighted by Crippen LogP contribution is -2.24. The van der Waals surface area contributed by atoms with E-state index in [2.05, 4.69) is 16.3 Å². The molecule has 1 aromatic rings. The van der Waals surface area contributed by atoms with Gasteiger partial charge in [0.1, 0.15) is 0 Å².